The van der Waals surface area contributed by atoms with Gasteiger partial charge in [-0.1, -0.05) is 85.4 Å². The standard InChI is InChI=1S/C31H26O4/c1-20(2)31(33)35-19-26(32)18-34-30-28-12-6-5-10-23(28)17-25-11-7-13-27(29(25)30)24-15-14-21-8-3-4-9-22(21)16-24/h3-17,26,32H,1,18-19H2,2H3. The van der Waals surface area contributed by atoms with Crippen LogP contribution in [0, 0.1) is 0 Å². The number of carbonyl (C=O) groups excluding carboxylic acids is 1. The van der Waals surface area contributed by atoms with Gasteiger partial charge < -0.3 is 14.6 Å². The second-order valence-corrected chi connectivity index (χ2v) is 8.74. The lowest BCUT2D eigenvalue weighted by Crippen LogP contribution is -2.25. The molecule has 0 saturated heterocycles. The molecule has 0 aliphatic heterocycles. The average Bonchev–Trinajstić information content (AvgIpc) is 2.88. The fourth-order valence-corrected chi connectivity index (χ4v) is 4.35. The van der Waals surface area contributed by atoms with Gasteiger partial charge >= 0.3 is 5.97 Å². The number of hydrogen-bond donors (Lipinski definition) is 1. The Kier molecular flexibility index (Phi) is 6.21. The molecule has 4 heteroatoms. The van der Waals surface area contributed by atoms with Crippen molar-refractivity contribution in [3.63, 3.8) is 0 Å². The first-order chi connectivity index (χ1) is 17.0. The summed E-state index contributed by atoms with van der Waals surface area (Å²) in [5.74, 6) is 0.172. The van der Waals surface area contributed by atoms with Crippen LogP contribution in [0.1, 0.15) is 6.92 Å². The molecule has 0 aliphatic rings. The van der Waals surface area contributed by atoms with Crippen molar-refractivity contribution in [2.45, 2.75) is 13.0 Å². The highest BCUT2D eigenvalue weighted by Crippen LogP contribution is 2.41. The SMILES string of the molecule is C=C(C)C(=O)OCC(O)COc1c2ccccc2cc2cccc(-c3ccc4ccccc4c3)c12. The van der Waals surface area contributed by atoms with Gasteiger partial charge in [0.25, 0.3) is 0 Å². The highest BCUT2D eigenvalue weighted by molar-refractivity contribution is 6.11. The molecule has 0 bridgehead atoms. The fourth-order valence-electron chi connectivity index (χ4n) is 4.35. The molecule has 5 rings (SSSR count). The highest BCUT2D eigenvalue weighted by Gasteiger charge is 2.17. The van der Waals surface area contributed by atoms with Crippen molar-refractivity contribution in [3.8, 4) is 16.9 Å². The molecular formula is C31H26O4. The Hall–Kier alpha value is -4.15. The molecule has 4 nitrogen and oxygen atoms in total. The summed E-state index contributed by atoms with van der Waals surface area (Å²) in [7, 11) is 0. The normalized spacial score (nSPS) is 12.1. The zero-order valence-corrected chi connectivity index (χ0v) is 19.5. The Balaban J connectivity index is 1.59. The predicted octanol–water partition coefficient (Wildman–Crippen LogP) is 6.67. The molecule has 0 aromatic heterocycles. The van der Waals surface area contributed by atoms with E-state index in [1.165, 1.54) is 10.8 Å². The minimum atomic E-state index is -0.972. The molecule has 0 spiro atoms. The van der Waals surface area contributed by atoms with Gasteiger partial charge in [0, 0.05) is 16.3 Å². The lowest BCUT2D eigenvalue weighted by atomic mass is 9.93. The van der Waals surface area contributed by atoms with Crippen molar-refractivity contribution in [1.82, 2.24) is 0 Å². The van der Waals surface area contributed by atoms with E-state index in [9.17, 15) is 9.90 Å². The van der Waals surface area contributed by atoms with E-state index in [1.54, 1.807) is 6.92 Å². The van der Waals surface area contributed by atoms with E-state index in [0.29, 0.717) is 5.75 Å². The summed E-state index contributed by atoms with van der Waals surface area (Å²) < 4.78 is 11.4. The first-order valence-corrected chi connectivity index (χ1v) is 11.6. The van der Waals surface area contributed by atoms with E-state index in [1.807, 2.05) is 30.3 Å². The van der Waals surface area contributed by atoms with Crippen LogP contribution in [0.3, 0.4) is 0 Å². The molecule has 0 aliphatic carbocycles. The molecule has 5 aromatic rings. The van der Waals surface area contributed by atoms with Gasteiger partial charge in [-0.3, -0.25) is 0 Å². The molecule has 0 saturated carbocycles. The number of hydrogen-bond acceptors (Lipinski definition) is 4. The van der Waals surface area contributed by atoms with Crippen LogP contribution in [0.15, 0.2) is 103 Å². The Morgan fingerprint density at radius 1 is 0.829 bits per heavy atom. The lowest BCUT2D eigenvalue weighted by Gasteiger charge is -2.18. The minimum Gasteiger partial charge on any atom is -0.489 e. The Labute approximate surface area is 204 Å². The predicted molar refractivity (Wildman–Crippen MR) is 142 cm³/mol. The molecule has 5 aromatic carbocycles. The number of aliphatic hydroxyl groups is 1. The summed E-state index contributed by atoms with van der Waals surface area (Å²) >= 11 is 0. The molecule has 1 atom stereocenters. The molecule has 1 N–H and O–H groups in total. The lowest BCUT2D eigenvalue weighted by molar-refractivity contribution is -0.142. The molecule has 0 fully saturated rings. The van der Waals surface area contributed by atoms with Crippen LogP contribution in [0.4, 0.5) is 0 Å². The first kappa shape index (κ1) is 22.6. The van der Waals surface area contributed by atoms with Gasteiger partial charge in [0.1, 0.15) is 25.1 Å². The number of ether oxygens (including phenoxy) is 2. The first-order valence-electron chi connectivity index (χ1n) is 11.6. The van der Waals surface area contributed by atoms with Crippen LogP contribution in [0.25, 0.3) is 43.4 Å². The van der Waals surface area contributed by atoms with Crippen molar-refractivity contribution in [2.24, 2.45) is 0 Å². The van der Waals surface area contributed by atoms with Gasteiger partial charge in [0.05, 0.1) is 0 Å². The Bertz CT molecular complexity index is 1570. The van der Waals surface area contributed by atoms with Crippen molar-refractivity contribution >= 4 is 38.3 Å². The highest BCUT2D eigenvalue weighted by atomic mass is 16.5. The van der Waals surface area contributed by atoms with Crippen molar-refractivity contribution in [1.29, 1.82) is 0 Å². The van der Waals surface area contributed by atoms with Gasteiger partial charge in [-0.25, -0.2) is 4.79 Å². The van der Waals surface area contributed by atoms with Crippen LogP contribution < -0.4 is 4.74 Å². The third kappa shape index (κ3) is 4.61. The van der Waals surface area contributed by atoms with E-state index >= 15 is 0 Å². The van der Waals surface area contributed by atoms with Crippen molar-refractivity contribution < 1.29 is 19.4 Å². The van der Waals surface area contributed by atoms with E-state index in [2.05, 4.69) is 67.2 Å². The van der Waals surface area contributed by atoms with Crippen LogP contribution in [0.5, 0.6) is 5.75 Å². The van der Waals surface area contributed by atoms with Gasteiger partial charge in [-0.2, -0.15) is 0 Å². The Morgan fingerprint density at radius 2 is 1.54 bits per heavy atom. The second kappa shape index (κ2) is 9.61. The van der Waals surface area contributed by atoms with Crippen LogP contribution in [-0.2, 0) is 9.53 Å². The molecule has 0 heterocycles. The summed E-state index contributed by atoms with van der Waals surface area (Å²) in [6.45, 7) is 4.96. The van der Waals surface area contributed by atoms with E-state index in [-0.39, 0.29) is 18.8 Å². The van der Waals surface area contributed by atoms with Crippen LogP contribution >= 0.6 is 0 Å². The van der Waals surface area contributed by atoms with E-state index in [4.69, 9.17) is 9.47 Å². The summed E-state index contributed by atoms with van der Waals surface area (Å²) in [5.41, 5.74) is 2.43. The maximum atomic E-state index is 11.7. The number of fused-ring (bicyclic) bond motifs is 3. The summed E-state index contributed by atoms with van der Waals surface area (Å²) in [6, 6.07) is 31.2. The van der Waals surface area contributed by atoms with Gasteiger partial charge in [0.15, 0.2) is 0 Å². The maximum absolute atomic E-state index is 11.7. The largest absolute Gasteiger partial charge is 0.489 e. The molecule has 35 heavy (non-hydrogen) atoms. The fraction of sp³-hybridized carbons (Fsp3) is 0.129. The van der Waals surface area contributed by atoms with Gasteiger partial charge in [-0.05, 0) is 51.7 Å². The topological polar surface area (TPSA) is 55.8 Å². The average molecular weight is 463 g/mol. The monoisotopic (exact) mass is 462 g/mol. The summed E-state index contributed by atoms with van der Waals surface area (Å²) in [6.07, 6.45) is -0.972. The second-order valence-electron chi connectivity index (χ2n) is 8.74. The third-order valence-electron chi connectivity index (χ3n) is 6.08. The van der Waals surface area contributed by atoms with Gasteiger partial charge in [-0.15, -0.1) is 0 Å². The molecule has 1 unspecified atom stereocenters. The zero-order chi connectivity index (χ0) is 24.4. The Morgan fingerprint density at radius 3 is 2.34 bits per heavy atom. The molecule has 174 valence electrons. The third-order valence-corrected chi connectivity index (χ3v) is 6.08. The quantitative estimate of drug-likeness (QED) is 0.167. The summed E-state index contributed by atoms with van der Waals surface area (Å²) in [4.78, 5) is 11.7. The van der Waals surface area contributed by atoms with E-state index < -0.39 is 12.1 Å². The number of aliphatic hydroxyl groups excluding tert-OH is 1. The summed E-state index contributed by atoms with van der Waals surface area (Å²) in [5, 5.41) is 16.8. The zero-order valence-electron chi connectivity index (χ0n) is 19.5. The minimum absolute atomic E-state index is 0.0152. The molecule has 0 radical (unpaired) electrons. The van der Waals surface area contributed by atoms with Crippen molar-refractivity contribution in [3.05, 3.63) is 103 Å². The van der Waals surface area contributed by atoms with E-state index in [0.717, 1.165) is 32.7 Å². The number of benzene rings is 5. The van der Waals surface area contributed by atoms with Crippen molar-refractivity contribution in [2.75, 3.05) is 13.2 Å². The van der Waals surface area contributed by atoms with Crippen LogP contribution in [-0.4, -0.2) is 30.4 Å². The van der Waals surface area contributed by atoms with Crippen LogP contribution in [0.2, 0.25) is 0 Å². The smallest absolute Gasteiger partial charge is 0.333 e. The maximum Gasteiger partial charge on any atom is 0.333 e. The number of esters is 1. The number of rotatable bonds is 7. The number of carbonyl (C=O) groups is 1. The molecule has 0 amide bonds. The van der Waals surface area contributed by atoms with Gasteiger partial charge in [0.2, 0.25) is 0 Å². The molecular weight excluding hydrogens is 436 g/mol.